The molecule has 9 heteroatoms. The molecular formula is C14H13N5O2S2. The third-order valence-electron chi connectivity index (χ3n) is 2.69. The van der Waals surface area contributed by atoms with Gasteiger partial charge in [-0.15, -0.1) is 0 Å². The molecule has 2 aromatic rings. The second-order valence-corrected chi connectivity index (χ2v) is 6.97. The van der Waals surface area contributed by atoms with Gasteiger partial charge in [0, 0.05) is 6.20 Å². The van der Waals surface area contributed by atoms with Crippen LogP contribution in [0.4, 0.5) is 5.95 Å². The Hall–Kier alpha value is -2.44. The van der Waals surface area contributed by atoms with E-state index in [2.05, 4.69) is 20.3 Å². The Labute approximate surface area is 138 Å². The summed E-state index contributed by atoms with van der Waals surface area (Å²) in [5.41, 5.74) is 0. The molecule has 1 N–H and O–H groups in total. The SMILES string of the molecule is CSc1nc(C)nc(N/C=C(\C#N)S(=O)(=O)c2ccccc2)n1. The predicted molar refractivity (Wildman–Crippen MR) is 87.3 cm³/mol. The molecule has 0 amide bonds. The van der Waals surface area contributed by atoms with Crippen molar-refractivity contribution in [1.82, 2.24) is 15.0 Å². The van der Waals surface area contributed by atoms with Crippen LogP contribution in [0.15, 0.2) is 51.5 Å². The summed E-state index contributed by atoms with van der Waals surface area (Å²) < 4.78 is 24.8. The van der Waals surface area contributed by atoms with Gasteiger partial charge in [-0.2, -0.15) is 15.2 Å². The number of hydrogen-bond acceptors (Lipinski definition) is 8. The predicted octanol–water partition coefficient (Wildman–Crippen LogP) is 2.15. The summed E-state index contributed by atoms with van der Waals surface area (Å²) in [6.45, 7) is 1.70. The molecule has 0 saturated carbocycles. The minimum absolute atomic E-state index is 0.0474. The number of allylic oxidation sites excluding steroid dienone is 1. The van der Waals surface area contributed by atoms with Crippen LogP contribution in [-0.2, 0) is 9.84 Å². The van der Waals surface area contributed by atoms with Gasteiger partial charge in [0.2, 0.25) is 15.8 Å². The number of nitrogens with one attached hydrogen (secondary N) is 1. The average molecular weight is 347 g/mol. The zero-order valence-electron chi connectivity index (χ0n) is 12.4. The summed E-state index contributed by atoms with van der Waals surface area (Å²) in [5.74, 6) is 0.669. The molecule has 118 valence electrons. The standard InChI is InChI=1S/C14H13N5O2S2/c1-10-17-13(19-14(18-10)22-2)16-9-12(8-15)23(20,21)11-6-4-3-5-7-11/h3-7,9H,1-2H3,(H,16,17,18,19)/b12-9+. The third kappa shape index (κ3) is 4.06. The van der Waals surface area contributed by atoms with Crippen molar-refractivity contribution in [3.8, 4) is 6.07 Å². The summed E-state index contributed by atoms with van der Waals surface area (Å²) in [6.07, 6.45) is 2.90. The Morgan fingerprint density at radius 3 is 2.57 bits per heavy atom. The number of sulfone groups is 1. The minimum atomic E-state index is -3.89. The number of nitrogens with zero attached hydrogens (tertiary/aromatic N) is 4. The summed E-state index contributed by atoms with van der Waals surface area (Å²) >= 11 is 1.33. The van der Waals surface area contributed by atoms with Gasteiger partial charge >= 0.3 is 0 Å². The third-order valence-corrected chi connectivity index (χ3v) is 4.92. The van der Waals surface area contributed by atoms with Crippen molar-refractivity contribution in [2.75, 3.05) is 11.6 Å². The molecule has 7 nitrogen and oxygen atoms in total. The molecule has 1 aromatic carbocycles. The lowest BCUT2D eigenvalue weighted by Gasteiger charge is -2.05. The van der Waals surface area contributed by atoms with Crippen LogP contribution in [0.1, 0.15) is 5.82 Å². The van der Waals surface area contributed by atoms with Crippen LogP contribution in [0.3, 0.4) is 0 Å². The smallest absolute Gasteiger partial charge is 0.231 e. The van der Waals surface area contributed by atoms with Crippen molar-refractivity contribution in [2.24, 2.45) is 0 Å². The van der Waals surface area contributed by atoms with Crippen LogP contribution >= 0.6 is 11.8 Å². The fourth-order valence-electron chi connectivity index (χ4n) is 1.64. The van der Waals surface area contributed by atoms with Crippen molar-refractivity contribution >= 4 is 27.5 Å². The van der Waals surface area contributed by atoms with Crippen molar-refractivity contribution in [3.63, 3.8) is 0 Å². The van der Waals surface area contributed by atoms with Crippen molar-refractivity contribution in [3.05, 3.63) is 47.3 Å². The van der Waals surface area contributed by atoms with E-state index in [1.165, 1.54) is 23.9 Å². The van der Waals surface area contributed by atoms with Crippen molar-refractivity contribution in [2.45, 2.75) is 17.0 Å². The first-order valence-electron chi connectivity index (χ1n) is 6.41. The van der Waals surface area contributed by atoms with Crippen molar-refractivity contribution in [1.29, 1.82) is 5.26 Å². The van der Waals surface area contributed by atoms with Gasteiger partial charge in [0.15, 0.2) is 10.1 Å². The van der Waals surface area contributed by atoms with E-state index in [0.717, 1.165) is 6.20 Å². The van der Waals surface area contributed by atoms with Crippen LogP contribution < -0.4 is 5.32 Å². The van der Waals surface area contributed by atoms with Crippen molar-refractivity contribution < 1.29 is 8.42 Å². The Balaban J connectivity index is 2.34. The van der Waals surface area contributed by atoms with E-state index < -0.39 is 14.7 Å². The number of anilines is 1. The number of benzene rings is 1. The quantitative estimate of drug-likeness (QED) is 0.647. The van der Waals surface area contributed by atoms with Crippen LogP contribution in [0.5, 0.6) is 0 Å². The maximum Gasteiger partial charge on any atom is 0.231 e. The molecule has 0 unspecified atom stereocenters. The summed E-state index contributed by atoms with van der Waals surface area (Å²) in [6, 6.07) is 9.43. The highest BCUT2D eigenvalue weighted by molar-refractivity contribution is 7.98. The lowest BCUT2D eigenvalue weighted by Crippen LogP contribution is -2.07. The molecule has 2 rings (SSSR count). The Morgan fingerprint density at radius 1 is 1.26 bits per heavy atom. The molecule has 0 aliphatic rings. The number of thioether (sulfide) groups is 1. The number of hydrogen-bond donors (Lipinski definition) is 1. The van der Waals surface area contributed by atoms with Gasteiger partial charge in [0.1, 0.15) is 11.9 Å². The summed E-state index contributed by atoms with van der Waals surface area (Å²) in [7, 11) is -3.89. The number of nitriles is 1. The largest absolute Gasteiger partial charge is 0.329 e. The molecule has 0 radical (unpaired) electrons. The average Bonchev–Trinajstić information content (AvgIpc) is 2.55. The fraction of sp³-hybridized carbons (Fsp3) is 0.143. The molecule has 0 atom stereocenters. The highest BCUT2D eigenvalue weighted by Crippen LogP contribution is 2.18. The number of aromatic nitrogens is 3. The van der Waals surface area contributed by atoms with Crippen LogP contribution in [0.2, 0.25) is 0 Å². The Morgan fingerprint density at radius 2 is 1.96 bits per heavy atom. The van der Waals surface area contributed by atoms with Gasteiger partial charge < -0.3 is 5.32 Å². The zero-order valence-corrected chi connectivity index (χ0v) is 14.0. The van der Waals surface area contributed by atoms with Crippen LogP contribution in [-0.4, -0.2) is 29.6 Å². The molecular weight excluding hydrogens is 334 g/mol. The van der Waals surface area contributed by atoms with Crippen LogP contribution in [0, 0.1) is 18.3 Å². The topological polar surface area (TPSA) is 109 Å². The second-order valence-electron chi connectivity index (χ2n) is 4.27. The molecule has 0 fully saturated rings. The Kier molecular flexibility index (Phi) is 5.31. The zero-order chi connectivity index (χ0) is 16.9. The van der Waals surface area contributed by atoms with E-state index >= 15 is 0 Å². The maximum atomic E-state index is 12.4. The fourth-order valence-corrected chi connectivity index (χ4v) is 3.14. The van der Waals surface area contributed by atoms with E-state index in [9.17, 15) is 8.42 Å². The van der Waals surface area contributed by atoms with E-state index in [4.69, 9.17) is 5.26 Å². The highest BCUT2D eigenvalue weighted by atomic mass is 32.2. The first-order valence-corrected chi connectivity index (χ1v) is 9.12. The van der Waals surface area contributed by atoms with Gasteiger partial charge in [-0.3, -0.25) is 0 Å². The molecule has 23 heavy (non-hydrogen) atoms. The van der Waals surface area contributed by atoms with Gasteiger partial charge in [-0.1, -0.05) is 30.0 Å². The molecule has 1 heterocycles. The van der Waals surface area contributed by atoms with E-state index in [-0.39, 0.29) is 10.8 Å². The summed E-state index contributed by atoms with van der Waals surface area (Å²) in [4.78, 5) is 11.9. The molecule has 0 saturated heterocycles. The van der Waals surface area contributed by atoms with E-state index in [0.29, 0.717) is 11.0 Å². The molecule has 0 aliphatic heterocycles. The van der Waals surface area contributed by atoms with Gasteiger partial charge in [0.05, 0.1) is 4.90 Å². The van der Waals surface area contributed by atoms with Crippen LogP contribution in [0.25, 0.3) is 0 Å². The highest BCUT2D eigenvalue weighted by Gasteiger charge is 2.20. The number of rotatable bonds is 5. The Bertz CT molecular complexity index is 874. The minimum Gasteiger partial charge on any atom is -0.329 e. The van der Waals surface area contributed by atoms with E-state index in [1.807, 2.05) is 6.26 Å². The normalized spacial score (nSPS) is 11.8. The molecule has 0 spiro atoms. The number of aryl methyl sites for hydroxylation is 1. The second kappa shape index (κ2) is 7.21. The monoisotopic (exact) mass is 347 g/mol. The van der Waals surface area contributed by atoms with Gasteiger partial charge in [0.25, 0.3) is 0 Å². The summed E-state index contributed by atoms with van der Waals surface area (Å²) in [5, 5.41) is 12.3. The molecule has 1 aromatic heterocycles. The van der Waals surface area contributed by atoms with E-state index in [1.54, 1.807) is 31.2 Å². The maximum absolute atomic E-state index is 12.4. The van der Waals surface area contributed by atoms with Gasteiger partial charge in [-0.05, 0) is 25.3 Å². The molecule has 0 bridgehead atoms. The van der Waals surface area contributed by atoms with Gasteiger partial charge in [-0.25, -0.2) is 13.4 Å². The first kappa shape index (κ1) is 16.9. The first-order chi connectivity index (χ1) is 11.0. The lowest BCUT2D eigenvalue weighted by molar-refractivity contribution is 0.603. The molecule has 0 aliphatic carbocycles. The lowest BCUT2D eigenvalue weighted by atomic mass is 10.4.